The van der Waals surface area contributed by atoms with E-state index in [4.69, 9.17) is 0 Å². The van der Waals surface area contributed by atoms with Crippen molar-refractivity contribution in [3.63, 3.8) is 0 Å². The van der Waals surface area contributed by atoms with Gasteiger partial charge in [0.25, 0.3) is 0 Å². The summed E-state index contributed by atoms with van der Waals surface area (Å²) >= 11 is 3.47. The first-order valence-corrected chi connectivity index (χ1v) is 6.58. The molecule has 0 spiro atoms. The maximum Gasteiger partial charge on any atom is 0.00660 e. The van der Waals surface area contributed by atoms with Gasteiger partial charge in [-0.1, -0.05) is 47.3 Å². The molecular weight excluding hydrogens is 224 g/mol. The molecule has 1 aliphatic carbocycles. The molecule has 0 N–H and O–H groups in total. The first kappa shape index (κ1) is 11.3. The van der Waals surface area contributed by atoms with Crippen LogP contribution in [-0.2, 0) is 0 Å². The van der Waals surface area contributed by atoms with Gasteiger partial charge >= 0.3 is 0 Å². The topological polar surface area (TPSA) is 0 Å². The lowest BCUT2D eigenvalue weighted by atomic mass is 9.79. The Kier molecular flexibility index (Phi) is 5.08. The Morgan fingerprint density at radius 2 is 1.92 bits per heavy atom. The van der Waals surface area contributed by atoms with Gasteiger partial charge in [0.15, 0.2) is 0 Å². The van der Waals surface area contributed by atoms with Crippen molar-refractivity contribution in [3.8, 4) is 0 Å². The van der Waals surface area contributed by atoms with Gasteiger partial charge < -0.3 is 0 Å². The van der Waals surface area contributed by atoms with Gasteiger partial charge in [0, 0.05) is 5.33 Å². The van der Waals surface area contributed by atoms with Crippen LogP contribution in [-0.4, -0.2) is 5.33 Å². The molecule has 0 saturated heterocycles. The smallest absolute Gasteiger partial charge is 0.00660 e. The molecule has 0 nitrogen and oxygen atoms in total. The zero-order chi connectivity index (χ0) is 9.68. The number of hydrogen-bond donors (Lipinski definition) is 0. The summed E-state index contributed by atoms with van der Waals surface area (Å²) < 4.78 is 0. The van der Waals surface area contributed by atoms with Crippen LogP contribution in [0, 0.1) is 11.8 Å². The van der Waals surface area contributed by atoms with Crippen molar-refractivity contribution in [3.05, 3.63) is 11.6 Å². The van der Waals surface area contributed by atoms with Gasteiger partial charge in [-0.25, -0.2) is 0 Å². The first-order chi connectivity index (χ1) is 6.24. The highest BCUT2D eigenvalue weighted by atomic mass is 79.9. The second-order valence-corrected chi connectivity index (χ2v) is 5.18. The third-order valence-corrected chi connectivity index (χ3v) is 3.69. The van der Waals surface area contributed by atoms with Gasteiger partial charge in [-0.3, -0.25) is 0 Å². The first-order valence-electron chi connectivity index (χ1n) is 5.46. The minimum atomic E-state index is 0.898. The molecule has 1 aliphatic rings. The van der Waals surface area contributed by atoms with Crippen LogP contribution in [0.15, 0.2) is 11.6 Å². The predicted octanol–water partition coefficient (Wildman–Crippen LogP) is 4.54. The minimum Gasteiger partial charge on any atom is -0.0925 e. The molecule has 0 amide bonds. The molecule has 0 aromatic carbocycles. The van der Waals surface area contributed by atoms with Crippen molar-refractivity contribution in [2.75, 3.05) is 5.33 Å². The van der Waals surface area contributed by atoms with E-state index in [0.29, 0.717) is 0 Å². The van der Waals surface area contributed by atoms with Gasteiger partial charge in [-0.05, 0) is 38.0 Å². The normalized spacial score (nSPS) is 30.5. The van der Waals surface area contributed by atoms with Crippen LogP contribution in [0.5, 0.6) is 0 Å². The molecular formula is C12H21Br. The van der Waals surface area contributed by atoms with Crippen LogP contribution in [0.3, 0.4) is 0 Å². The van der Waals surface area contributed by atoms with E-state index in [9.17, 15) is 0 Å². The Morgan fingerprint density at radius 3 is 2.46 bits per heavy atom. The second kappa shape index (κ2) is 5.85. The number of hydrogen-bond acceptors (Lipinski definition) is 0. The van der Waals surface area contributed by atoms with Crippen LogP contribution in [0.4, 0.5) is 0 Å². The van der Waals surface area contributed by atoms with E-state index in [1.807, 2.05) is 0 Å². The zero-order valence-electron chi connectivity index (χ0n) is 8.85. The molecule has 0 aromatic heterocycles. The summed E-state index contributed by atoms with van der Waals surface area (Å²) in [5, 5.41) is 1.10. The molecule has 0 heterocycles. The Bertz CT molecular complexity index is 164. The van der Waals surface area contributed by atoms with E-state index >= 15 is 0 Å². The van der Waals surface area contributed by atoms with Gasteiger partial charge in [-0.2, -0.15) is 0 Å². The van der Waals surface area contributed by atoms with E-state index in [0.717, 1.165) is 17.2 Å². The van der Waals surface area contributed by atoms with Gasteiger partial charge in [0.05, 0.1) is 0 Å². The third kappa shape index (κ3) is 3.84. The Morgan fingerprint density at radius 1 is 1.31 bits per heavy atom. The highest BCUT2D eigenvalue weighted by Crippen LogP contribution is 2.32. The lowest BCUT2D eigenvalue weighted by Crippen LogP contribution is -2.13. The second-order valence-electron chi connectivity index (χ2n) is 4.38. The maximum atomic E-state index is 3.47. The van der Waals surface area contributed by atoms with E-state index in [1.165, 1.54) is 32.1 Å². The number of allylic oxidation sites excluding steroid dienone is 2. The summed E-state index contributed by atoms with van der Waals surface area (Å²) in [4.78, 5) is 0. The van der Waals surface area contributed by atoms with Gasteiger partial charge in [0.2, 0.25) is 0 Å². The highest BCUT2D eigenvalue weighted by Gasteiger charge is 2.18. The van der Waals surface area contributed by atoms with Crippen LogP contribution in [0.25, 0.3) is 0 Å². The molecule has 0 aliphatic heterocycles. The summed E-state index contributed by atoms with van der Waals surface area (Å²) in [6, 6.07) is 0. The van der Waals surface area contributed by atoms with Crippen molar-refractivity contribution in [2.45, 2.75) is 46.0 Å². The summed E-state index contributed by atoms with van der Waals surface area (Å²) in [5.41, 5.74) is 1.63. The summed E-state index contributed by atoms with van der Waals surface area (Å²) in [7, 11) is 0. The fourth-order valence-electron chi connectivity index (χ4n) is 2.16. The lowest BCUT2D eigenvalue weighted by molar-refractivity contribution is 0.320. The molecule has 1 saturated carbocycles. The van der Waals surface area contributed by atoms with Crippen molar-refractivity contribution < 1.29 is 0 Å². The molecule has 1 rings (SSSR count). The summed E-state index contributed by atoms with van der Waals surface area (Å²) in [6.07, 6.45) is 9.32. The molecule has 0 bridgehead atoms. The molecule has 1 heteroatoms. The van der Waals surface area contributed by atoms with E-state index in [1.54, 1.807) is 5.57 Å². The van der Waals surface area contributed by atoms with E-state index in [-0.39, 0.29) is 0 Å². The predicted molar refractivity (Wildman–Crippen MR) is 63.3 cm³/mol. The molecule has 13 heavy (non-hydrogen) atoms. The SMILES string of the molecule is C/C(=C\CCBr)C1CCC(C)CC1. The quantitative estimate of drug-likeness (QED) is 0.505. The average Bonchev–Trinajstić information content (AvgIpc) is 2.15. The van der Waals surface area contributed by atoms with Gasteiger partial charge in [-0.15, -0.1) is 0 Å². The van der Waals surface area contributed by atoms with Crippen LogP contribution >= 0.6 is 15.9 Å². The highest BCUT2D eigenvalue weighted by molar-refractivity contribution is 9.09. The maximum absolute atomic E-state index is 3.47. The lowest BCUT2D eigenvalue weighted by Gasteiger charge is -2.26. The van der Waals surface area contributed by atoms with Crippen LogP contribution < -0.4 is 0 Å². The Hall–Kier alpha value is 0.220. The Balaban J connectivity index is 2.35. The average molecular weight is 245 g/mol. The molecule has 0 atom stereocenters. The molecule has 0 radical (unpaired) electrons. The largest absolute Gasteiger partial charge is 0.0925 e. The fourth-order valence-corrected chi connectivity index (χ4v) is 2.39. The molecule has 0 unspecified atom stereocenters. The Labute approximate surface area is 90.9 Å². The van der Waals surface area contributed by atoms with E-state index < -0.39 is 0 Å². The fraction of sp³-hybridized carbons (Fsp3) is 0.833. The summed E-state index contributed by atoms with van der Waals surface area (Å²) in [6.45, 7) is 4.69. The van der Waals surface area contributed by atoms with Crippen molar-refractivity contribution in [1.29, 1.82) is 0 Å². The molecule has 0 aromatic rings. The third-order valence-electron chi connectivity index (χ3n) is 3.24. The molecule has 76 valence electrons. The van der Waals surface area contributed by atoms with Gasteiger partial charge in [0.1, 0.15) is 0 Å². The summed E-state index contributed by atoms with van der Waals surface area (Å²) in [5.74, 6) is 1.87. The zero-order valence-corrected chi connectivity index (χ0v) is 10.4. The van der Waals surface area contributed by atoms with Crippen molar-refractivity contribution in [2.24, 2.45) is 11.8 Å². The van der Waals surface area contributed by atoms with Crippen LogP contribution in [0.2, 0.25) is 0 Å². The number of rotatable bonds is 3. The van der Waals surface area contributed by atoms with Crippen LogP contribution in [0.1, 0.15) is 46.0 Å². The minimum absolute atomic E-state index is 0.898. The number of alkyl halides is 1. The number of halogens is 1. The molecule has 1 fully saturated rings. The standard InChI is InChI=1S/C12H21Br/c1-10-5-7-12(8-6-10)11(2)4-3-9-13/h4,10,12H,3,5-9H2,1-2H3/b11-4+. The van der Waals surface area contributed by atoms with E-state index in [2.05, 4.69) is 35.9 Å². The monoisotopic (exact) mass is 244 g/mol. The van der Waals surface area contributed by atoms with Crippen molar-refractivity contribution in [1.82, 2.24) is 0 Å². The van der Waals surface area contributed by atoms with Crippen molar-refractivity contribution >= 4 is 15.9 Å².